The molecule has 1 aliphatic carbocycles. The number of nitriles is 1. The maximum absolute atomic E-state index is 11.3. The molecule has 3 aromatic rings. The predicted molar refractivity (Wildman–Crippen MR) is 148 cm³/mol. The molecule has 0 bridgehead atoms. The minimum Gasteiger partial charge on any atom is -0.409 e. The summed E-state index contributed by atoms with van der Waals surface area (Å²) in [6.07, 6.45) is 9.46. The first-order valence-corrected chi connectivity index (χ1v) is 13.0. The van der Waals surface area contributed by atoms with Crippen LogP contribution >= 0.6 is 8.60 Å². The summed E-state index contributed by atoms with van der Waals surface area (Å²) in [6, 6.07) is 30.5. The number of hydrogen-bond donors (Lipinski definition) is 0. The van der Waals surface area contributed by atoms with Crippen LogP contribution in [0, 0.1) is 36.5 Å². The van der Waals surface area contributed by atoms with Gasteiger partial charge in [0.2, 0.25) is 0 Å². The Morgan fingerprint density at radius 2 is 1.24 bits per heavy atom. The van der Waals surface area contributed by atoms with Crippen molar-refractivity contribution in [3.63, 3.8) is 0 Å². The van der Waals surface area contributed by atoms with Gasteiger partial charge in [-0.25, -0.2) is 0 Å². The van der Waals surface area contributed by atoms with Crippen LogP contribution in [0.4, 0.5) is 0 Å². The third-order valence-corrected chi connectivity index (χ3v) is 6.14. The van der Waals surface area contributed by atoms with Crippen molar-refractivity contribution in [2.45, 2.75) is 12.8 Å². The minimum absolute atomic E-state index is 0. The summed E-state index contributed by atoms with van der Waals surface area (Å²) in [6.45, 7) is 9.00. The number of ether oxygens (including phenoxy) is 1. The number of nitrogens with zero attached hydrogens (tertiary/aromatic N) is 1. The minimum atomic E-state index is -1.59. The molecule has 0 aliphatic heterocycles. The summed E-state index contributed by atoms with van der Waals surface area (Å²) in [5.41, 5.74) is 0. The maximum Gasteiger partial charge on any atom is 0.530 e. The van der Waals surface area contributed by atoms with Crippen LogP contribution in [-0.4, -0.2) is 13.1 Å². The Morgan fingerprint density at radius 1 is 0.829 bits per heavy atom. The van der Waals surface area contributed by atoms with Crippen molar-refractivity contribution < 1.29 is 49.5 Å². The molecule has 0 radical (unpaired) electrons. The van der Waals surface area contributed by atoms with E-state index < -0.39 is 20.5 Å². The summed E-state index contributed by atoms with van der Waals surface area (Å²) < 4.78 is 37.1. The van der Waals surface area contributed by atoms with Gasteiger partial charge in [0.05, 0.1) is 13.2 Å². The molecule has 0 fully saturated rings. The molecule has 4 rings (SSSR count). The Bertz CT molecular complexity index is 1140. The zero-order valence-corrected chi connectivity index (χ0v) is 24.1. The van der Waals surface area contributed by atoms with E-state index in [0.717, 1.165) is 12.8 Å². The van der Waals surface area contributed by atoms with Crippen LogP contribution in [0.3, 0.4) is 0 Å². The quantitative estimate of drug-likeness (QED) is 0.0873. The van der Waals surface area contributed by atoms with Crippen molar-refractivity contribution in [3.8, 4) is 23.3 Å². The number of methoxy groups -OCH3 is 1. The second-order valence-electron chi connectivity index (χ2n) is 7.62. The Balaban J connectivity index is 0.000000733. The van der Waals surface area contributed by atoms with Crippen molar-refractivity contribution >= 4 is 14.6 Å². The van der Waals surface area contributed by atoms with Gasteiger partial charge in [0.15, 0.2) is 0 Å². The van der Waals surface area contributed by atoms with Crippen LogP contribution in [-0.2, 0) is 35.9 Å². The molecule has 8 nitrogen and oxygen atoms in total. The van der Waals surface area contributed by atoms with Crippen LogP contribution in [0.15, 0.2) is 115 Å². The second kappa shape index (κ2) is 23.8. The SMILES string of the molecule is COC(=O)C(C#N)[C@H]1C=CC=CCC1.[C-]#[O+].[C-]#[O+].[Fe].c1ccc(OP(Oc2ccccc2)Oc2ccccc2)cc1. The zero-order valence-electron chi connectivity index (χ0n) is 22.1. The average Bonchev–Trinajstić information content (AvgIpc) is 3.31. The third kappa shape index (κ3) is 14.8. The number of carbonyl (C=O) groups is 1. The molecule has 0 amide bonds. The van der Waals surface area contributed by atoms with E-state index in [1.807, 2.05) is 121 Å². The van der Waals surface area contributed by atoms with Gasteiger partial charge in [0, 0.05) is 23.0 Å². The van der Waals surface area contributed by atoms with Gasteiger partial charge < -0.3 is 18.3 Å². The fraction of sp³-hybridized carbons (Fsp3) is 0.161. The molecule has 212 valence electrons. The molecule has 1 aliphatic rings. The van der Waals surface area contributed by atoms with Gasteiger partial charge in [-0.15, -0.1) is 0 Å². The maximum atomic E-state index is 11.3. The van der Waals surface area contributed by atoms with E-state index in [4.69, 9.17) is 28.1 Å². The van der Waals surface area contributed by atoms with Gasteiger partial charge in [-0.2, -0.15) is 5.26 Å². The standard InChI is InChI=1S/C18H15O3P.C11H13NO2.2CO.Fe/c1-4-10-16(11-5-1)19-22(20-17-12-6-2-7-13-17)21-18-14-8-3-9-15-18;1-14-11(13)10(8-12)9-6-4-2-3-5-7-9;2*1-2;/h1-15H;2-4,6,9-10H,5,7H2,1H3;;;/t;9-,10?;;;/m.0.../s1. The summed E-state index contributed by atoms with van der Waals surface area (Å²) in [5, 5.41) is 8.87. The van der Waals surface area contributed by atoms with Crippen molar-refractivity contribution in [1.82, 2.24) is 0 Å². The van der Waals surface area contributed by atoms with Crippen molar-refractivity contribution in [2.75, 3.05) is 7.11 Å². The molecule has 41 heavy (non-hydrogen) atoms. The number of esters is 1. The van der Waals surface area contributed by atoms with Crippen molar-refractivity contribution in [2.24, 2.45) is 11.8 Å². The third-order valence-electron chi connectivity index (χ3n) is 5.06. The normalized spacial score (nSPS) is 13.1. The van der Waals surface area contributed by atoms with Gasteiger partial charge in [-0.3, -0.25) is 4.79 Å². The number of carbonyl (C=O) groups excluding carboxylic acids is 1. The van der Waals surface area contributed by atoms with Crippen LogP contribution in [0.5, 0.6) is 17.2 Å². The number of benzene rings is 3. The van der Waals surface area contributed by atoms with E-state index >= 15 is 0 Å². The number of para-hydroxylation sites is 3. The van der Waals surface area contributed by atoms with Crippen LogP contribution in [0.1, 0.15) is 12.8 Å². The molecule has 0 saturated carbocycles. The summed E-state index contributed by atoms with van der Waals surface area (Å²) in [7, 11) is -0.279. The topological polar surface area (TPSA) is 118 Å². The van der Waals surface area contributed by atoms with Crippen molar-refractivity contribution in [3.05, 3.63) is 129 Å². The number of allylic oxidation sites excluding steroid dienone is 4. The molecule has 0 spiro atoms. The fourth-order valence-corrected chi connectivity index (χ4v) is 4.25. The molecule has 2 atom stereocenters. The second-order valence-corrected chi connectivity index (χ2v) is 8.62. The average molecular weight is 613 g/mol. The molecule has 3 aromatic carbocycles. The smallest absolute Gasteiger partial charge is 0.409 e. The Hall–Kier alpha value is -4.07. The van der Waals surface area contributed by atoms with Crippen LogP contribution in [0.2, 0.25) is 0 Å². The molecular formula is C31H28FeNO7P. The van der Waals surface area contributed by atoms with Gasteiger partial charge in [-0.1, -0.05) is 78.9 Å². The molecule has 10 heteroatoms. The van der Waals surface area contributed by atoms with E-state index in [1.54, 1.807) is 0 Å². The van der Waals surface area contributed by atoms with E-state index in [-0.39, 0.29) is 23.0 Å². The number of hydrogen-bond acceptors (Lipinski definition) is 6. The van der Waals surface area contributed by atoms with Crippen LogP contribution in [0.25, 0.3) is 0 Å². The molecule has 0 aromatic heterocycles. The van der Waals surface area contributed by atoms with Gasteiger partial charge >= 0.3 is 37.2 Å². The van der Waals surface area contributed by atoms with Crippen LogP contribution < -0.4 is 13.6 Å². The monoisotopic (exact) mass is 613 g/mol. The molecular weight excluding hydrogens is 585 g/mol. The first kappa shape index (κ1) is 36.9. The molecule has 1 unspecified atom stereocenters. The molecule has 0 N–H and O–H groups in total. The fourth-order valence-electron chi connectivity index (χ4n) is 3.25. The van der Waals surface area contributed by atoms with E-state index in [1.165, 1.54) is 7.11 Å². The first-order chi connectivity index (χ1) is 19.7. The largest absolute Gasteiger partial charge is 0.530 e. The van der Waals surface area contributed by atoms with Crippen molar-refractivity contribution in [1.29, 1.82) is 5.26 Å². The van der Waals surface area contributed by atoms with E-state index in [0.29, 0.717) is 17.2 Å². The first-order valence-electron chi connectivity index (χ1n) is 11.9. The zero-order chi connectivity index (χ0) is 29.4. The Morgan fingerprint density at radius 3 is 1.61 bits per heavy atom. The molecule has 0 saturated heterocycles. The summed E-state index contributed by atoms with van der Waals surface area (Å²) >= 11 is 0. The predicted octanol–water partition coefficient (Wildman–Crippen LogP) is 7.19. The van der Waals surface area contributed by atoms with Gasteiger partial charge in [0.1, 0.15) is 23.2 Å². The van der Waals surface area contributed by atoms with E-state index in [2.05, 4.69) is 18.0 Å². The Kier molecular flexibility index (Phi) is 21.4. The van der Waals surface area contributed by atoms with Gasteiger partial charge in [-0.05, 0) is 49.2 Å². The summed E-state index contributed by atoms with van der Waals surface area (Å²) in [5.74, 6) is 0.990. The van der Waals surface area contributed by atoms with Gasteiger partial charge in [0.25, 0.3) is 0 Å². The van der Waals surface area contributed by atoms with E-state index in [9.17, 15) is 4.79 Å². The molecule has 0 heterocycles. The summed E-state index contributed by atoms with van der Waals surface area (Å²) in [4.78, 5) is 11.3. The Labute approximate surface area is 252 Å². The number of rotatable bonds is 8.